The number of nitrogens with one attached hydrogen (secondary N) is 2. The Hall–Kier alpha value is -3.41. The van der Waals surface area contributed by atoms with E-state index in [1.807, 2.05) is 54.6 Å². The van der Waals surface area contributed by atoms with Gasteiger partial charge in [0.2, 0.25) is 5.95 Å². The largest absolute Gasteiger partial charge is 0.495 e. The van der Waals surface area contributed by atoms with Crippen molar-refractivity contribution in [2.24, 2.45) is 0 Å². The number of fused-ring (bicyclic) bond motifs is 1. The van der Waals surface area contributed by atoms with E-state index in [4.69, 9.17) is 4.74 Å². The summed E-state index contributed by atoms with van der Waals surface area (Å²) in [7, 11) is 1.62. The molecule has 0 aliphatic heterocycles. The van der Waals surface area contributed by atoms with Gasteiger partial charge in [0, 0.05) is 12.1 Å². The third-order valence-electron chi connectivity index (χ3n) is 4.47. The summed E-state index contributed by atoms with van der Waals surface area (Å²) in [4.78, 5) is 21.7. The molecule has 0 unspecified atom stereocenters. The molecular weight excluding hydrogens is 340 g/mol. The number of ether oxygens (including phenoxy) is 1. The number of carbonyl (C=O) groups excluding carboxylic acids is 1. The number of ketones is 1. The number of nitrogens with zero attached hydrogens (tertiary/aromatic N) is 2. The van der Waals surface area contributed by atoms with Crippen LogP contribution in [0.25, 0.3) is 0 Å². The molecule has 0 saturated heterocycles. The van der Waals surface area contributed by atoms with Crippen LogP contribution in [0.2, 0.25) is 0 Å². The van der Waals surface area contributed by atoms with Gasteiger partial charge in [-0.3, -0.25) is 4.79 Å². The van der Waals surface area contributed by atoms with E-state index in [0.29, 0.717) is 29.5 Å². The van der Waals surface area contributed by atoms with Crippen LogP contribution in [-0.4, -0.2) is 22.9 Å². The van der Waals surface area contributed by atoms with Gasteiger partial charge in [0.15, 0.2) is 5.78 Å². The number of anilines is 4. The van der Waals surface area contributed by atoms with Crippen molar-refractivity contribution in [1.29, 1.82) is 0 Å². The minimum Gasteiger partial charge on any atom is -0.495 e. The lowest BCUT2D eigenvalue weighted by molar-refractivity contribution is 0.0972. The number of carbonyl (C=O) groups is 1. The number of rotatable bonds is 5. The number of benzene rings is 2. The Bertz CT molecular complexity index is 973. The maximum absolute atomic E-state index is 12.5. The molecule has 2 N–H and O–H groups in total. The first kappa shape index (κ1) is 17.0. The lowest BCUT2D eigenvalue weighted by Crippen LogP contribution is -2.18. The van der Waals surface area contributed by atoms with E-state index in [-0.39, 0.29) is 5.78 Å². The molecule has 1 aliphatic carbocycles. The zero-order valence-electron chi connectivity index (χ0n) is 15.0. The molecule has 0 spiro atoms. The van der Waals surface area contributed by atoms with Crippen LogP contribution >= 0.6 is 0 Å². The predicted molar refractivity (Wildman–Crippen MR) is 105 cm³/mol. The van der Waals surface area contributed by atoms with Gasteiger partial charge in [-0.15, -0.1) is 0 Å². The third-order valence-corrected chi connectivity index (χ3v) is 4.47. The van der Waals surface area contributed by atoms with E-state index in [1.165, 1.54) is 0 Å². The Labute approximate surface area is 157 Å². The maximum Gasteiger partial charge on any atom is 0.229 e. The number of Topliss-reactive ketones (excluding diaryl/α,β-unsaturated/α-hetero) is 1. The van der Waals surface area contributed by atoms with Crippen LogP contribution in [0.4, 0.5) is 23.1 Å². The van der Waals surface area contributed by atoms with E-state index in [9.17, 15) is 4.79 Å². The molecule has 0 amide bonds. The first-order valence-corrected chi connectivity index (χ1v) is 8.91. The van der Waals surface area contributed by atoms with Crippen LogP contribution in [0.3, 0.4) is 0 Å². The zero-order valence-corrected chi connectivity index (χ0v) is 15.0. The van der Waals surface area contributed by atoms with Crippen LogP contribution in [0.1, 0.15) is 28.9 Å². The predicted octanol–water partition coefficient (Wildman–Crippen LogP) is 4.49. The number of aromatic nitrogens is 2. The van der Waals surface area contributed by atoms with Crippen molar-refractivity contribution in [3.63, 3.8) is 0 Å². The summed E-state index contributed by atoms with van der Waals surface area (Å²) in [5, 5.41) is 6.49. The molecule has 2 aromatic carbocycles. The fourth-order valence-corrected chi connectivity index (χ4v) is 3.20. The lowest BCUT2D eigenvalue weighted by Gasteiger charge is -2.19. The molecule has 0 bridgehead atoms. The van der Waals surface area contributed by atoms with Gasteiger partial charge in [-0.2, -0.15) is 4.98 Å². The first-order valence-electron chi connectivity index (χ1n) is 8.91. The van der Waals surface area contributed by atoms with Gasteiger partial charge in [-0.25, -0.2) is 4.98 Å². The van der Waals surface area contributed by atoms with Crippen molar-refractivity contribution < 1.29 is 9.53 Å². The minimum atomic E-state index is 0.0820. The Morgan fingerprint density at radius 1 is 0.926 bits per heavy atom. The molecule has 0 atom stereocenters. The van der Waals surface area contributed by atoms with Crippen LogP contribution in [0.5, 0.6) is 5.75 Å². The summed E-state index contributed by atoms with van der Waals surface area (Å²) in [6.45, 7) is 0. The highest BCUT2D eigenvalue weighted by Gasteiger charge is 2.25. The summed E-state index contributed by atoms with van der Waals surface area (Å²) in [5.41, 5.74) is 3.01. The number of aryl methyl sites for hydroxylation is 1. The van der Waals surface area contributed by atoms with E-state index in [0.717, 1.165) is 29.9 Å². The monoisotopic (exact) mass is 360 g/mol. The molecule has 0 fully saturated rings. The summed E-state index contributed by atoms with van der Waals surface area (Å²) in [6, 6.07) is 17.3. The van der Waals surface area contributed by atoms with Crippen molar-refractivity contribution >= 4 is 28.9 Å². The van der Waals surface area contributed by atoms with Crippen LogP contribution < -0.4 is 15.4 Å². The molecular formula is C21H20N4O2. The normalized spacial score (nSPS) is 13.0. The number of hydrogen-bond donors (Lipinski definition) is 2. The second-order valence-corrected chi connectivity index (χ2v) is 6.31. The molecule has 0 saturated carbocycles. The zero-order chi connectivity index (χ0) is 18.6. The Morgan fingerprint density at radius 3 is 2.52 bits per heavy atom. The Balaban J connectivity index is 1.75. The highest BCUT2D eigenvalue weighted by Crippen LogP contribution is 2.31. The smallest absolute Gasteiger partial charge is 0.229 e. The van der Waals surface area contributed by atoms with E-state index >= 15 is 0 Å². The minimum absolute atomic E-state index is 0.0820. The average Bonchev–Trinajstić information content (AvgIpc) is 2.69. The average molecular weight is 360 g/mol. The Kier molecular flexibility index (Phi) is 4.70. The number of para-hydroxylation sites is 3. The molecule has 0 radical (unpaired) electrons. The fraction of sp³-hybridized carbons (Fsp3) is 0.190. The third kappa shape index (κ3) is 3.60. The van der Waals surface area contributed by atoms with Crippen molar-refractivity contribution in [3.05, 3.63) is 65.9 Å². The lowest BCUT2D eigenvalue weighted by atomic mass is 9.95. The van der Waals surface area contributed by atoms with Gasteiger partial charge in [-0.1, -0.05) is 30.3 Å². The van der Waals surface area contributed by atoms with Crippen molar-refractivity contribution in [2.45, 2.75) is 19.3 Å². The van der Waals surface area contributed by atoms with Gasteiger partial charge in [0.25, 0.3) is 0 Å². The summed E-state index contributed by atoms with van der Waals surface area (Å²) in [6.07, 6.45) is 2.09. The molecule has 6 heteroatoms. The quantitative estimate of drug-likeness (QED) is 0.698. The van der Waals surface area contributed by atoms with Gasteiger partial charge < -0.3 is 15.4 Å². The van der Waals surface area contributed by atoms with E-state index in [1.54, 1.807) is 7.11 Å². The van der Waals surface area contributed by atoms with E-state index < -0.39 is 0 Å². The van der Waals surface area contributed by atoms with Crippen molar-refractivity contribution in [1.82, 2.24) is 9.97 Å². The van der Waals surface area contributed by atoms with Crippen LogP contribution in [-0.2, 0) is 6.42 Å². The maximum atomic E-state index is 12.5. The molecule has 136 valence electrons. The molecule has 1 aromatic heterocycles. The number of methoxy groups -OCH3 is 1. The van der Waals surface area contributed by atoms with Gasteiger partial charge in [-0.05, 0) is 37.1 Å². The second-order valence-electron chi connectivity index (χ2n) is 6.31. The van der Waals surface area contributed by atoms with E-state index in [2.05, 4.69) is 20.6 Å². The highest BCUT2D eigenvalue weighted by molar-refractivity contribution is 6.03. The first-order chi connectivity index (χ1) is 13.2. The topological polar surface area (TPSA) is 76.1 Å². The summed E-state index contributed by atoms with van der Waals surface area (Å²) >= 11 is 0. The van der Waals surface area contributed by atoms with Crippen LogP contribution in [0, 0.1) is 0 Å². The van der Waals surface area contributed by atoms with Crippen molar-refractivity contribution in [3.8, 4) is 5.75 Å². The molecule has 3 aromatic rings. The highest BCUT2D eigenvalue weighted by atomic mass is 16.5. The SMILES string of the molecule is COc1ccccc1Nc1nc2c(c(Nc3ccccc3)n1)C(=O)CCC2. The van der Waals surface area contributed by atoms with Gasteiger partial charge >= 0.3 is 0 Å². The molecule has 4 rings (SSSR count). The number of hydrogen-bond acceptors (Lipinski definition) is 6. The van der Waals surface area contributed by atoms with Crippen LogP contribution in [0.15, 0.2) is 54.6 Å². The van der Waals surface area contributed by atoms with Gasteiger partial charge in [0.1, 0.15) is 11.6 Å². The fourth-order valence-electron chi connectivity index (χ4n) is 3.20. The van der Waals surface area contributed by atoms with Crippen molar-refractivity contribution in [2.75, 3.05) is 17.7 Å². The molecule has 6 nitrogen and oxygen atoms in total. The standard InChI is InChI=1S/C21H20N4O2/c1-27-18-13-6-5-10-15(18)23-21-24-16-11-7-12-17(26)19(16)20(25-21)22-14-8-3-2-4-9-14/h2-6,8-10,13H,7,11-12H2,1H3,(H2,22,23,24,25). The molecule has 1 aliphatic rings. The second kappa shape index (κ2) is 7.45. The molecule has 27 heavy (non-hydrogen) atoms. The summed E-state index contributed by atoms with van der Waals surface area (Å²) in [5.74, 6) is 1.76. The molecule has 1 heterocycles. The van der Waals surface area contributed by atoms with Gasteiger partial charge in [0.05, 0.1) is 24.1 Å². The summed E-state index contributed by atoms with van der Waals surface area (Å²) < 4.78 is 5.39. The Morgan fingerprint density at radius 2 is 1.70 bits per heavy atom.